The van der Waals surface area contributed by atoms with Gasteiger partial charge < -0.3 is 10.4 Å². The first-order valence-corrected chi connectivity index (χ1v) is 7.31. The molecule has 2 rings (SSSR count). The Hall–Kier alpha value is -1.39. The maximum atomic E-state index is 12.1. The molecule has 1 aromatic carbocycles. The first-order chi connectivity index (χ1) is 9.56. The largest absolute Gasteiger partial charge is 0.393 e. The summed E-state index contributed by atoms with van der Waals surface area (Å²) >= 11 is 0. The smallest absolute Gasteiger partial charge is 0.234 e. The van der Waals surface area contributed by atoms with Gasteiger partial charge in [-0.3, -0.25) is 9.69 Å². The fraction of sp³-hybridized carbons (Fsp3) is 0.562. The standard InChI is InChI=1S/C16H24N2O2/c1-12-5-3-4-6-15(12)13(2)17-16(20)11-18-9-7-14(19)8-10-18/h3-6,13-14,19H,7-11H2,1-2H3,(H,17,20)/t13-/m1/s1. The monoisotopic (exact) mass is 276 g/mol. The third-order valence-corrected chi connectivity index (χ3v) is 3.96. The average Bonchev–Trinajstić information content (AvgIpc) is 2.41. The van der Waals surface area contributed by atoms with Crippen molar-refractivity contribution in [1.82, 2.24) is 10.2 Å². The third kappa shape index (κ3) is 4.05. The first kappa shape index (κ1) is 15.0. The van der Waals surface area contributed by atoms with Crippen molar-refractivity contribution in [3.63, 3.8) is 0 Å². The SMILES string of the molecule is Cc1ccccc1[C@@H](C)NC(=O)CN1CCC(O)CC1. The lowest BCUT2D eigenvalue weighted by molar-refractivity contribution is -0.123. The number of likely N-dealkylation sites (tertiary alicyclic amines) is 1. The molecule has 0 radical (unpaired) electrons. The number of aliphatic hydroxyl groups excluding tert-OH is 1. The lowest BCUT2D eigenvalue weighted by Gasteiger charge is -2.29. The maximum Gasteiger partial charge on any atom is 0.234 e. The van der Waals surface area contributed by atoms with Crippen molar-refractivity contribution in [1.29, 1.82) is 0 Å². The fourth-order valence-electron chi connectivity index (χ4n) is 2.72. The van der Waals surface area contributed by atoms with Crippen LogP contribution < -0.4 is 5.32 Å². The Labute approximate surface area is 120 Å². The first-order valence-electron chi connectivity index (χ1n) is 7.31. The van der Waals surface area contributed by atoms with Gasteiger partial charge in [0.05, 0.1) is 18.7 Å². The Kier molecular flexibility index (Phi) is 5.15. The van der Waals surface area contributed by atoms with Gasteiger partial charge in [0.15, 0.2) is 0 Å². The van der Waals surface area contributed by atoms with Gasteiger partial charge in [-0.2, -0.15) is 0 Å². The van der Waals surface area contributed by atoms with E-state index in [0.717, 1.165) is 31.5 Å². The van der Waals surface area contributed by atoms with E-state index in [1.165, 1.54) is 5.56 Å². The van der Waals surface area contributed by atoms with Crippen molar-refractivity contribution < 1.29 is 9.90 Å². The maximum absolute atomic E-state index is 12.1. The minimum Gasteiger partial charge on any atom is -0.393 e. The van der Waals surface area contributed by atoms with Crippen molar-refractivity contribution in [2.24, 2.45) is 0 Å². The van der Waals surface area contributed by atoms with Gasteiger partial charge in [0.2, 0.25) is 5.91 Å². The van der Waals surface area contributed by atoms with Gasteiger partial charge in [-0.1, -0.05) is 24.3 Å². The van der Waals surface area contributed by atoms with E-state index in [0.29, 0.717) is 6.54 Å². The molecule has 20 heavy (non-hydrogen) atoms. The molecule has 1 amide bonds. The van der Waals surface area contributed by atoms with Crippen LogP contribution >= 0.6 is 0 Å². The van der Waals surface area contributed by atoms with Gasteiger partial charge >= 0.3 is 0 Å². The highest BCUT2D eigenvalue weighted by molar-refractivity contribution is 5.78. The van der Waals surface area contributed by atoms with E-state index in [4.69, 9.17) is 0 Å². The zero-order chi connectivity index (χ0) is 14.5. The van der Waals surface area contributed by atoms with Crippen LogP contribution in [0.3, 0.4) is 0 Å². The molecule has 0 spiro atoms. The second kappa shape index (κ2) is 6.86. The number of nitrogens with one attached hydrogen (secondary N) is 1. The van der Waals surface area contributed by atoms with Crippen LogP contribution in [0.2, 0.25) is 0 Å². The van der Waals surface area contributed by atoms with Crippen molar-refractivity contribution in [2.45, 2.75) is 38.8 Å². The van der Waals surface area contributed by atoms with Gasteiger partial charge in [0.1, 0.15) is 0 Å². The topological polar surface area (TPSA) is 52.6 Å². The molecule has 0 saturated carbocycles. The molecule has 0 bridgehead atoms. The molecule has 4 heteroatoms. The average molecular weight is 276 g/mol. The molecule has 110 valence electrons. The van der Waals surface area contributed by atoms with Gasteiger partial charge in [0.25, 0.3) is 0 Å². The van der Waals surface area contributed by atoms with Crippen LogP contribution in [0.15, 0.2) is 24.3 Å². The summed E-state index contributed by atoms with van der Waals surface area (Å²) in [7, 11) is 0. The molecule has 4 nitrogen and oxygen atoms in total. The zero-order valence-corrected chi connectivity index (χ0v) is 12.3. The van der Waals surface area contributed by atoms with Crippen LogP contribution in [0.4, 0.5) is 0 Å². The quantitative estimate of drug-likeness (QED) is 0.879. The minimum atomic E-state index is -0.194. The van der Waals surface area contributed by atoms with E-state index in [1.807, 2.05) is 19.1 Å². The molecular weight excluding hydrogens is 252 g/mol. The number of nitrogens with zero attached hydrogens (tertiary/aromatic N) is 1. The molecule has 0 unspecified atom stereocenters. The Morgan fingerprint density at radius 1 is 1.40 bits per heavy atom. The van der Waals surface area contributed by atoms with Crippen molar-refractivity contribution in [3.05, 3.63) is 35.4 Å². The zero-order valence-electron chi connectivity index (χ0n) is 12.3. The molecule has 1 aliphatic heterocycles. The number of hydrogen-bond donors (Lipinski definition) is 2. The molecule has 2 N–H and O–H groups in total. The number of hydrogen-bond acceptors (Lipinski definition) is 3. The van der Waals surface area contributed by atoms with Crippen molar-refractivity contribution in [3.8, 4) is 0 Å². The predicted molar refractivity (Wildman–Crippen MR) is 79.4 cm³/mol. The van der Waals surface area contributed by atoms with E-state index < -0.39 is 0 Å². The Morgan fingerprint density at radius 2 is 2.05 bits per heavy atom. The number of carbonyl (C=O) groups is 1. The highest BCUT2D eigenvalue weighted by Crippen LogP contribution is 2.16. The van der Waals surface area contributed by atoms with Crippen LogP contribution in [0.25, 0.3) is 0 Å². The summed E-state index contributed by atoms with van der Waals surface area (Å²) in [6.45, 7) is 6.09. The summed E-state index contributed by atoms with van der Waals surface area (Å²) in [5.41, 5.74) is 2.36. The Balaban J connectivity index is 1.84. The van der Waals surface area contributed by atoms with Crippen molar-refractivity contribution >= 4 is 5.91 Å². The molecule has 1 heterocycles. The summed E-state index contributed by atoms with van der Waals surface area (Å²) in [5.74, 6) is 0.0529. The molecule has 1 saturated heterocycles. The highest BCUT2D eigenvalue weighted by Gasteiger charge is 2.20. The van der Waals surface area contributed by atoms with Gasteiger partial charge in [-0.15, -0.1) is 0 Å². The van der Waals surface area contributed by atoms with Crippen molar-refractivity contribution in [2.75, 3.05) is 19.6 Å². The lowest BCUT2D eigenvalue weighted by atomic mass is 10.0. The van der Waals surface area contributed by atoms with E-state index in [9.17, 15) is 9.90 Å². The number of amides is 1. The molecule has 1 fully saturated rings. The summed E-state index contributed by atoms with van der Waals surface area (Å²) in [4.78, 5) is 14.2. The normalized spacial score (nSPS) is 18.8. The number of piperidine rings is 1. The molecule has 0 aliphatic carbocycles. The number of aliphatic hydroxyl groups is 1. The summed E-state index contributed by atoms with van der Waals surface area (Å²) < 4.78 is 0. The van der Waals surface area contributed by atoms with Gasteiger partial charge in [-0.25, -0.2) is 0 Å². The Bertz CT molecular complexity index is 454. The van der Waals surface area contributed by atoms with Crippen LogP contribution in [0.1, 0.15) is 36.9 Å². The highest BCUT2D eigenvalue weighted by atomic mass is 16.3. The summed E-state index contributed by atoms with van der Waals surface area (Å²) in [6, 6.07) is 8.14. The van der Waals surface area contributed by atoms with E-state index >= 15 is 0 Å². The number of carbonyl (C=O) groups excluding carboxylic acids is 1. The molecular formula is C16H24N2O2. The summed E-state index contributed by atoms with van der Waals surface area (Å²) in [5, 5.41) is 12.5. The fourth-order valence-corrected chi connectivity index (χ4v) is 2.72. The van der Waals surface area contributed by atoms with Crippen LogP contribution in [-0.2, 0) is 4.79 Å². The molecule has 1 aliphatic rings. The molecule has 0 aromatic heterocycles. The second-order valence-electron chi connectivity index (χ2n) is 5.65. The summed E-state index contributed by atoms with van der Waals surface area (Å²) in [6.07, 6.45) is 1.33. The van der Waals surface area contributed by atoms with Crippen LogP contribution in [0, 0.1) is 6.92 Å². The predicted octanol–water partition coefficient (Wildman–Crippen LogP) is 1.63. The van der Waals surface area contributed by atoms with E-state index in [-0.39, 0.29) is 18.1 Å². The van der Waals surface area contributed by atoms with Gasteiger partial charge in [0, 0.05) is 13.1 Å². The number of benzene rings is 1. The number of rotatable bonds is 4. The lowest BCUT2D eigenvalue weighted by Crippen LogP contribution is -2.43. The number of aryl methyl sites for hydroxylation is 1. The third-order valence-electron chi connectivity index (χ3n) is 3.96. The van der Waals surface area contributed by atoms with Crippen LogP contribution in [0.5, 0.6) is 0 Å². The minimum absolute atomic E-state index is 0.0269. The molecule has 1 aromatic rings. The Morgan fingerprint density at radius 3 is 2.70 bits per heavy atom. The molecule has 1 atom stereocenters. The van der Waals surface area contributed by atoms with E-state index in [2.05, 4.69) is 29.3 Å². The van der Waals surface area contributed by atoms with E-state index in [1.54, 1.807) is 0 Å². The van der Waals surface area contributed by atoms with Gasteiger partial charge in [-0.05, 0) is 37.8 Å². The van der Waals surface area contributed by atoms with Crippen LogP contribution in [-0.4, -0.2) is 41.7 Å². The second-order valence-corrected chi connectivity index (χ2v) is 5.65.